The molecule has 1 aliphatic heterocycles. The first kappa shape index (κ1) is 16.9. The Morgan fingerprint density at radius 2 is 2.00 bits per heavy atom. The van der Waals surface area contributed by atoms with Gasteiger partial charge in [0.2, 0.25) is 10.0 Å². The maximum absolute atomic E-state index is 12.6. The average Bonchev–Trinajstić information content (AvgIpc) is 3.07. The third-order valence-electron chi connectivity index (χ3n) is 4.25. The van der Waals surface area contributed by atoms with Gasteiger partial charge in [0.15, 0.2) is 12.0 Å². The summed E-state index contributed by atoms with van der Waals surface area (Å²) in [6.45, 7) is 3.47. The number of carbonyl (C=O) groups is 1. The predicted molar refractivity (Wildman–Crippen MR) is 90.2 cm³/mol. The minimum absolute atomic E-state index is 0.112. The van der Waals surface area contributed by atoms with Gasteiger partial charge >= 0.3 is 0 Å². The fourth-order valence-corrected chi connectivity index (χ4v) is 4.43. The van der Waals surface area contributed by atoms with E-state index in [1.807, 2.05) is 6.92 Å². The number of benzene rings is 1. The predicted octanol–water partition coefficient (Wildman–Crippen LogP) is 1.72. The van der Waals surface area contributed by atoms with Gasteiger partial charge in [0.05, 0.1) is 5.75 Å². The molecule has 0 spiro atoms. The molecule has 0 unspecified atom stereocenters. The van der Waals surface area contributed by atoms with Crippen LogP contribution >= 0.6 is 0 Å². The van der Waals surface area contributed by atoms with Crippen LogP contribution in [0.4, 0.5) is 0 Å². The molecule has 0 atom stereocenters. The van der Waals surface area contributed by atoms with Crippen LogP contribution in [0.5, 0.6) is 0 Å². The van der Waals surface area contributed by atoms with E-state index in [0.717, 1.165) is 6.42 Å². The summed E-state index contributed by atoms with van der Waals surface area (Å²) in [5.41, 5.74) is 1.81. The van der Waals surface area contributed by atoms with E-state index in [4.69, 9.17) is 4.42 Å². The molecular formula is C16H21N3O4S. The molecule has 1 saturated heterocycles. The van der Waals surface area contributed by atoms with Gasteiger partial charge in [0.25, 0.3) is 5.91 Å². The van der Waals surface area contributed by atoms with Crippen molar-refractivity contribution >= 4 is 27.0 Å². The smallest absolute Gasteiger partial charge is 0.254 e. The van der Waals surface area contributed by atoms with Gasteiger partial charge in [0.1, 0.15) is 5.52 Å². The largest absolute Gasteiger partial charge is 0.443 e. The Balaban J connectivity index is 1.64. The van der Waals surface area contributed by atoms with Gasteiger partial charge < -0.3 is 9.32 Å². The first-order chi connectivity index (χ1) is 11.5. The fraction of sp³-hybridized carbons (Fsp3) is 0.500. The number of aromatic nitrogens is 1. The average molecular weight is 351 g/mol. The van der Waals surface area contributed by atoms with Gasteiger partial charge in [-0.05, 0) is 24.6 Å². The number of hydrogen-bond donors (Lipinski definition) is 0. The number of oxazole rings is 1. The minimum atomic E-state index is -3.21. The molecule has 0 radical (unpaired) electrons. The lowest BCUT2D eigenvalue weighted by Gasteiger charge is -2.34. The van der Waals surface area contributed by atoms with Crippen molar-refractivity contribution in [2.45, 2.75) is 19.8 Å². The van der Waals surface area contributed by atoms with E-state index in [2.05, 4.69) is 4.98 Å². The molecule has 0 saturated carbocycles. The molecule has 7 nitrogen and oxygen atoms in total. The topological polar surface area (TPSA) is 83.7 Å². The SMILES string of the molecule is CCCCS(=O)(=O)N1CCN(C(=O)c2ccc3ncoc3c2)CC1. The number of unbranched alkanes of at least 4 members (excludes halogenated alkanes) is 1. The molecule has 1 aromatic carbocycles. The van der Waals surface area contributed by atoms with Gasteiger partial charge in [-0.25, -0.2) is 13.4 Å². The number of sulfonamides is 1. The van der Waals surface area contributed by atoms with Crippen LogP contribution in [-0.4, -0.2) is 60.4 Å². The fourth-order valence-electron chi connectivity index (χ4n) is 2.80. The van der Waals surface area contributed by atoms with Crippen molar-refractivity contribution < 1.29 is 17.6 Å². The Morgan fingerprint density at radius 1 is 1.25 bits per heavy atom. The number of piperazine rings is 1. The zero-order chi connectivity index (χ0) is 17.2. The Morgan fingerprint density at radius 3 is 2.71 bits per heavy atom. The number of carbonyl (C=O) groups excluding carboxylic acids is 1. The summed E-state index contributed by atoms with van der Waals surface area (Å²) in [5, 5.41) is 0. The van der Waals surface area contributed by atoms with E-state index >= 15 is 0 Å². The Hall–Kier alpha value is -1.93. The third kappa shape index (κ3) is 3.44. The molecule has 130 valence electrons. The van der Waals surface area contributed by atoms with Crippen LogP contribution in [0.25, 0.3) is 11.1 Å². The van der Waals surface area contributed by atoms with Gasteiger partial charge in [-0.3, -0.25) is 4.79 Å². The molecule has 0 aliphatic carbocycles. The minimum Gasteiger partial charge on any atom is -0.443 e. The molecular weight excluding hydrogens is 330 g/mol. The summed E-state index contributed by atoms with van der Waals surface area (Å²) in [7, 11) is -3.21. The number of rotatable bonds is 5. The van der Waals surface area contributed by atoms with Crippen molar-refractivity contribution in [2.75, 3.05) is 31.9 Å². The Bertz CT molecular complexity index is 823. The van der Waals surface area contributed by atoms with Crippen LogP contribution in [-0.2, 0) is 10.0 Å². The molecule has 1 aliphatic rings. The second-order valence-electron chi connectivity index (χ2n) is 5.90. The Kier molecular flexibility index (Phi) is 4.86. The lowest BCUT2D eigenvalue weighted by molar-refractivity contribution is 0.0698. The van der Waals surface area contributed by atoms with Crippen LogP contribution in [0.3, 0.4) is 0 Å². The molecule has 2 heterocycles. The molecule has 0 bridgehead atoms. The zero-order valence-corrected chi connectivity index (χ0v) is 14.5. The molecule has 1 fully saturated rings. The van der Waals surface area contributed by atoms with Crippen LogP contribution in [0.1, 0.15) is 30.1 Å². The highest BCUT2D eigenvalue weighted by Crippen LogP contribution is 2.17. The van der Waals surface area contributed by atoms with Crippen LogP contribution in [0.15, 0.2) is 29.0 Å². The molecule has 1 amide bonds. The van der Waals surface area contributed by atoms with E-state index in [-0.39, 0.29) is 11.7 Å². The summed E-state index contributed by atoms with van der Waals surface area (Å²) in [5.74, 6) is 0.0680. The molecule has 1 aromatic heterocycles. The monoisotopic (exact) mass is 351 g/mol. The summed E-state index contributed by atoms with van der Waals surface area (Å²) in [4.78, 5) is 18.3. The lowest BCUT2D eigenvalue weighted by atomic mass is 10.1. The van der Waals surface area contributed by atoms with E-state index in [1.165, 1.54) is 10.7 Å². The summed E-state index contributed by atoms with van der Waals surface area (Å²) in [6.07, 6.45) is 2.86. The summed E-state index contributed by atoms with van der Waals surface area (Å²) < 4.78 is 31.1. The first-order valence-corrected chi connectivity index (χ1v) is 9.72. The normalized spacial score (nSPS) is 16.6. The summed E-state index contributed by atoms with van der Waals surface area (Å²) in [6, 6.07) is 5.14. The number of amides is 1. The van der Waals surface area contributed by atoms with Gasteiger partial charge in [-0.15, -0.1) is 0 Å². The van der Waals surface area contributed by atoms with Crippen LogP contribution < -0.4 is 0 Å². The maximum atomic E-state index is 12.6. The molecule has 0 N–H and O–H groups in total. The van der Waals surface area contributed by atoms with E-state index in [0.29, 0.717) is 49.3 Å². The Labute approximate surface area is 141 Å². The highest BCUT2D eigenvalue weighted by atomic mass is 32.2. The van der Waals surface area contributed by atoms with Crippen molar-refractivity contribution in [1.29, 1.82) is 0 Å². The van der Waals surface area contributed by atoms with E-state index < -0.39 is 10.0 Å². The molecule has 24 heavy (non-hydrogen) atoms. The van der Waals surface area contributed by atoms with Crippen LogP contribution in [0.2, 0.25) is 0 Å². The van der Waals surface area contributed by atoms with Crippen molar-refractivity contribution in [3.63, 3.8) is 0 Å². The van der Waals surface area contributed by atoms with Gasteiger partial charge in [-0.1, -0.05) is 13.3 Å². The van der Waals surface area contributed by atoms with Gasteiger partial charge in [0, 0.05) is 31.7 Å². The van der Waals surface area contributed by atoms with E-state index in [1.54, 1.807) is 23.1 Å². The molecule has 3 rings (SSSR count). The van der Waals surface area contributed by atoms with Crippen molar-refractivity contribution in [3.8, 4) is 0 Å². The lowest BCUT2D eigenvalue weighted by Crippen LogP contribution is -2.51. The maximum Gasteiger partial charge on any atom is 0.254 e. The molecule has 8 heteroatoms. The second-order valence-corrected chi connectivity index (χ2v) is 7.98. The summed E-state index contributed by atoms with van der Waals surface area (Å²) >= 11 is 0. The third-order valence-corrected chi connectivity index (χ3v) is 6.21. The number of hydrogen-bond acceptors (Lipinski definition) is 5. The first-order valence-electron chi connectivity index (χ1n) is 8.11. The van der Waals surface area contributed by atoms with Crippen molar-refractivity contribution in [1.82, 2.24) is 14.2 Å². The number of nitrogens with zero attached hydrogens (tertiary/aromatic N) is 3. The molecule has 2 aromatic rings. The van der Waals surface area contributed by atoms with Crippen molar-refractivity contribution in [3.05, 3.63) is 30.2 Å². The second kappa shape index (κ2) is 6.90. The highest BCUT2D eigenvalue weighted by Gasteiger charge is 2.28. The quantitative estimate of drug-likeness (QED) is 0.819. The highest BCUT2D eigenvalue weighted by molar-refractivity contribution is 7.89. The van der Waals surface area contributed by atoms with E-state index in [9.17, 15) is 13.2 Å². The van der Waals surface area contributed by atoms with Crippen LogP contribution in [0, 0.1) is 0 Å². The standard InChI is InChI=1S/C16H21N3O4S/c1-2-3-10-24(21,22)19-8-6-18(7-9-19)16(20)13-4-5-14-15(11-13)23-12-17-14/h4-5,11-12H,2-3,6-10H2,1H3. The van der Waals surface area contributed by atoms with Crippen molar-refractivity contribution in [2.24, 2.45) is 0 Å². The number of fused-ring (bicyclic) bond motifs is 1. The van der Waals surface area contributed by atoms with Gasteiger partial charge in [-0.2, -0.15) is 4.31 Å². The zero-order valence-electron chi connectivity index (χ0n) is 13.6.